The zero-order chi connectivity index (χ0) is 18.5. The number of rotatable bonds is 6. The summed E-state index contributed by atoms with van der Waals surface area (Å²) in [7, 11) is 3.33. The van der Waals surface area contributed by atoms with Gasteiger partial charge in [-0.25, -0.2) is 0 Å². The van der Waals surface area contributed by atoms with E-state index in [2.05, 4.69) is 17.1 Å². The number of nitrogens with one attached hydrogen (secondary N) is 1. The van der Waals surface area contributed by atoms with Crippen LogP contribution in [-0.4, -0.2) is 44.7 Å². The van der Waals surface area contributed by atoms with E-state index in [1.165, 1.54) is 12.8 Å². The van der Waals surface area contributed by atoms with Crippen molar-refractivity contribution >= 4 is 18.3 Å². The van der Waals surface area contributed by atoms with Gasteiger partial charge in [-0.2, -0.15) is 0 Å². The van der Waals surface area contributed by atoms with Crippen LogP contribution in [0.4, 0.5) is 0 Å². The molecule has 0 spiro atoms. The summed E-state index contributed by atoms with van der Waals surface area (Å²) in [6, 6.07) is 6.02. The number of methoxy groups -OCH3 is 2. The maximum atomic E-state index is 13.0. The van der Waals surface area contributed by atoms with Crippen LogP contribution in [0, 0.1) is 11.8 Å². The fourth-order valence-electron chi connectivity index (χ4n) is 4.41. The van der Waals surface area contributed by atoms with Gasteiger partial charge >= 0.3 is 0 Å². The molecule has 2 saturated heterocycles. The number of halogens is 1. The predicted molar refractivity (Wildman–Crippen MR) is 110 cm³/mol. The fraction of sp³-hybridized carbons (Fsp3) is 0.667. The number of carbonyl (C=O) groups is 1. The average molecular weight is 397 g/mol. The van der Waals surface area contributed by atoms with Crippen molar-refractivity contribution in [1.82, 2.24) is 10.2 Å². The minimum Gasteiger partial charge on any atom is -0.497 e. The van der Waals surface area contributed by atoms with E-state index < -0.39 is 0 Å². The van der Waals surface area contributed by atoms with Gasteiger partial charge in [-0.05, 0) is 62.7 Å². The average Bonchev–Trinajstić information content (AvgIpc) is 3.17. The molecule has 3 rings (SSSR count). The minimum atomic E-state index is 0. The van der Waals surface area contributed by atoms with E-state index in [0.29, 0.717) is 18.3 Å². The van der Waals surface area contributed by atoms with Crippen molar-refractivity contribution in [3.8, 4) is 11.5 Å². The Labute approximate surface area is 169 Å². The lowest BCUT2D eigenvalue weighted by atomic mass is 9.85. The van der Waals surface area contributed by atoms with Crippen LogP contribution in [0.15, 0.2) is 18.2 Å². The molecule has 0 aliphatic carbocycles. The van der Waals surface area contributed by atoms with Gasteiger partial charge in [0.15, 0.2) is 0 Å². The van der Waals surface area contributed by atoms with Crippen molar-refractivity contribution in [3.63, 3.8) is 0 Å². The summed E-state index contributed by atoms with van der Waals surface area (Å²) in [5, 5.41) is 3.47. The highest BCUT2D eigenvalue weighted by atomic mass is 35.5. The first-order chi connectivity index (χ1) is 12.6. The van der Waals surface area contributed by atoms with Crippen LogP contribution in [0.5, 0.6) is 11.5 Å². The monoisotopic (exact) mass is 396 g/mol. The van der Waals surface area contributed by atoms with Crippen molar-refractivity contribution in [3.05, 3.63) is 23.8 Å². The van der Waals surface area contributed by atoms with Gasteiger partial charge in [0.2, 0.25) is 5.91 Å². The first kappa shape index (κ1) is 21.8. The van der Waals surface area contributed by atoms with Crippen LogP contribution in [-0.2, 0) is 4.79 Å². The molecule has 1 aromatic carbocycles. The van der Waals surface area contributed by atoms with Gasteiger partial charge in [0, 0.05) is 24.6 Å². The van der Waals surface area contributed by atoms with Gasteiger partial charge in [-0.1, -0.05) is 6.92 Å². The van der Waals surface area contributed by atoms with Crippen molar-refractivity contribution < 1.29 is 14.3 Å². The summed E-state index contributed by atoms with van der Waals surface area (Å²) < 4.78 is 10.9. The van der Waals surface area contributed by atoms with Gasteiger partial charge in [0.25, 0.3) is 0 Å². The molecule has 2 heterocycles. The van der Waals surface area contributed by atoms with Crippen LogP contribution < -0.4 is 14.8 Å². The molecule has 6 heteroatoms. The molecule has 2 aliphatic rings. The van der Waals surface area contributed by atoms with Crippen LogP contribution in [0.2, 0.25) is 0 Å². The fourth-order valence-corrected chi connectivity index (χ4v) is 4.41. The SMILES string of the molecule is COc1ccc(C2CCCN2C(=O)CC(C)C2CCCNC2)c(OC)c1.Cl. The normalized spacial score (nSPS) is 23.4. The third-order valence-electron chi connectivity index (χ3n) is 6.01. The Morgan fingerprint density at radius 3 is 2.74 bits per heavy atom. The topological polar surface area (TPSA) is 50.8 Å². The molecule has 0 bridgehead atoms. The van der Waals surface area contributed by atoms with E-state index in [4.69, 9.17) is 9.47 Å². The van der Waals surface area contributed by atoms with Crippen LogP contribution in [0.1, 0.15) is 50.6 Å². The highest BCUT2D eigenvalue weighted by Crippen LogP contribution is 2.39. The number of piperidine rings is 1. The van der Waals surface area contributed by atoms with Gasteiger partial charge in [0.05, 0.1) is 20.3 Å². The van der Waals surface area contributed by atoms with Crippen LogP contribution in [0.25, 0.3) is 0 Å². The van der Waals surface area contributed by atoms with Crippen molar-refractivity contribution in [2.45, 2.75) is 45.1 Å². The number of nitrogens with zero attached hydrogens (tertiary/aromatic N) is 1. The number of carbonyl (C=O) groups excluding carboxylic acids is 1. The van der Waals surface area contributed by atoms with Gasteiger partial charge in [-0.15, -0.1) is 12.4 Å². The summed E-state index contributed by atoms with van der Waals surface area (Å²) in [6.45, 7) is 5.23. The summed E-state index contributed by atoms with van der Waals surface area (Å²) in [6.07, 6.45) is 5.13. The first-order valence-electron chi connectivity index (χ1n) is 9.86. The lowest BCUT2D eigenvalue weighted by Crippen LogP contribution is -2.37. The summed E-state index contributed by atoms with van der Waals surface area (Å²) >= 11 is 0. The summed E-state index contributed by atoms with van der Waals surface area (Å²) in [5.41, 5.74) is 1.09. The second-order valence-electron chi connectivity index (χ2n) is 7.64. The largest absolute Gasteiger partial charge is 0.497 e. The Bertz CT molecular complexity index is 619. The van der Waals surface area contributed by atoms with Gasteiger partial charge in [-0.3, -0.25) is 4.79 Å². The molecule has 0 saturated carbocycles. The molecule has 0 aromatic heterocycles. The molecule has 2 fully saturated rings. The zero-order valence-electron chi connectivity index (χ0n) is 16.7. The molecule has 5 nitrogen and oxygen atoms in total. The Kier molecular flexibility index (Phi) is 8.24. The lowest BCUT2D eigenvalue weighted by molar-refractivity contribution is -0.133. The minimum absolute atomic E-state index is 0. The number of ether oxygens (including phenoxy) is 2. The van der Waals surface area contributed by atoms with E-state index in [9.17, 15) is 4.79 Å². The molecule has 1 amide bonds. The van der Waals surface area contributed by atoms with E-state index in [1.807, 2.05) is 18.2 Å². The van der Waals surface area contributed by atoms with Crippen molar-refractivity contribution in [2.75, 3.05) is 33.9 Å². The second-order valence-corrected chi connectivity index (χ2v) is 7.64. The van der Waals surface area contributed by atoms with Gasteiger partial charge < -0.3 is 19.7 Å². The standard InChI is InChI=1S/C21H32N2O3.ClH/c1-15(16-6-4-10-22-14-16)12-21(24)23-11-5-7-19(23)18-9-8-17(25-2)13-20(18)26-3;/h8-9,13,15-16,19,22H,4-7,10-12,14H2,1-3H3;1H. The summed E-state index contributed by atoms with van der Waals surface area (Å²) in [4.78, 5) is 15.1. The van der Waals surface area contributed by atoms with Crippen molar-refractivity contribution in [2.24, 2.45) is 11.8 Å². The molecule has 27 heavy (non-hydrogen) atoms. The van der Waals surface area contributed by atoms with E-state index in [1.54, 1.807) is 14.2 Å². The third-order valence-corrected chi connectivity index (χ3v) is 6.01. The first-order valence-corrected chi connectivity index (χ1v) is 9.86. The Morgan fingerprint density at radius 2 is 2.07 bits per heavy atom. The van der Waals surface area contributed by atoms with Crippen molar-refractivity contribution in [1.29, 1.82) is 0 Å². The van der Waals surface area contributed by atoms with Crippen LogP contribution >= 0.6 is 12.4 Å². The van der Waals surface area contributed by atoms with Gasteiger partial charge in [0.1, 0.15) is 11.5 Å². The Morgan fingerprint density at radius 1 is 1.26 bits per heavy atom. The Balaban J connectivity index is 0.00000261. The molecular formula is C21H33ClN2O3. The molecule has 152 valence electrons. The Hall–Kier alpha value is -1.46. The maximum absolute atomic E-state index is 13.0. The molecule has 1 N–H and O–H groups in total. The summed E-state index contributed by atoms with van der Waals surface area (Å²) in [5.74, 6) is 2.90. The highest BCUT2D eigenvalue weighted by molar-refractivity contribution is 5.85. The molecule has 2 aliphatic heterocycles. The second kappa shape index (κ2) is 10.2. The lowest BCUT2D eigenvalue weighted by Gasteiger charge is -2.31. The molecule has 3 unspecified atom stereocenters. The molecule has 0 radical (unpaired) electrons. The number of hydrogen-bond donors (Lipinski definition) is 1. The number of hydrogen-bond acceptors (Lipinski definition) is 4. The van der Waals surface area contributed by atoms with E-state index in [0.717, 1.165) is 49.5 Å². The molecule has 1 aromatic rings. The van der Waals surface area contributed by atoms with Crippen LogP contribution in [0.3, 0.4) is 0 Å². The third kappa shape index (κ3) is 5.08. The number of likely N-dealkylation sites (tertiary alicyclic amines) is 1. The van der Waals surface area contributed by atoms with E-state index in [-0.39, 0.29) is 24.4 Å². The highest BCUT2D eigenvalue weighted by Gasteiger charge is 2.33. The molecule has 3 atom stereocenters. The zero-order valence-corrected chi connectivity index (χ0v) is 17.5. The smallest absolute Gasteiger partial charge is 0.223 e. The number of amides is 1. The maximum Gasteiger partial charge on any atom is 0.223 e. The quantitative estimate of drug-likeness (QED) is 0.794. The van der Waals surface area contributed by atoms with E-state index >= 15 is 0 Å². The molecular weight excluding hydrogens is 364 g/mol. The predicted octanol–water partition coefficient (Wildman–Crippen LogP) is 3.81. The number of benzene rings is 1.